The summed E-state index contributed by atoms with van der Waals surface area (Å²) in [5.74, 6) is 0.00125. The maximum atomic E-state index is 12.6. The van der Waals surface area contributed by atoms with Crippen LogP contribution in [-0.4, -0.2) is 48.7 Å². The van der Waals surface area contributed by atoms with E-state index in [1.165, 1.54) is 11.1 Å². The predicted molar refractivity (Wildman–Crippen MR) is 125 cm³/mol. The zero-order chi connectivity index (χ0) is 21.6. The van der Waals surface area contributed by atoms with Crippen molar-refractivity contribution in [3.05, 3.63) is 65.2 Å². The number of nitrogens with one attached hydrogen (secondary N) is 2. The maximum absolute atomic E-state index is 12.6. The largest absolute Gasteiger partial charge is 0.382 e. The monoisotopic (exact) mass is 421 g/mol. The third-order valence-corrected chi connectivity index (χ3v) is 6.34. The molecule has 0 aliphatic carbocycles. The van der Waals surface area contributed by atoms with E-state index in [2.05, 4.69) is 53.6 Å². The number of benzene rings is 2. The van der Waals surface area contributed by atoms with Gasteiger partial charge in [-0.05, 0) is 68.9 Å². The summed E-state index contributed by atoms with van der Waals surface area (Å²) in [6.07, 6.45) is 4.59. The Morgan fingerprint density at radius 3 is 2.65 bits per heavy atom. The van der Waals surface area contributed by atoms with Crippen LogP contribution in [0.1, 0.15) is 54.6 Å². The number of anilines is 1. The van der Waals surface area contributed by atoms with E-state index in [0.29, 0.717) is 18.2 Å². The molecule has 1 amide bonds. The van der Waals surface area contributed by atoms with E-state index in [-0.39, 0.29) is 18.1 Å². The molecule has 2 atom stereocenters. The molecule has 166 valence electrons. The Hall–Kier alpha value is -2.37. The molecule has 4 rings (SSSR count). The first-order valence-electron chi connectivity index (χ1n) is 11.7. The molecule has 2 aliphatic heterocycles. The van der Waals surface area contributed by atoms with E-state index in [0.717, 1.165) is 51.0 Å². The molecule has 2 aromatic rings. The Morgan fingerprint density at radius 1 is 1.06 bits per heavy atom. The lowest BCUT2D eigenvalue weighted by Gasteiger charge is -2.33. The topological polar surface area (TPSA) is 53.6 Å². The van der Waals surface area contributed by atoms with Gasteiger partial charge in [-0.25, -0.2) is 0 Å². The number of carbonyl (C=O) groups excluding carboxylic acids is 1. The number of nitrogens with zero attached hydrogens (tertiary/aromatic N) is 1. The van der Waals surface area contributed by atoms with Gasteiger partial charge in [0.1, 0.15) is 0 Å². The van der Waals surface area contributed by atoms with Crippen LogP contribution < -0.4 is 10.6 Å². The van der Waals surface area contributed by atoms with Crippen molar-refractivity contribution >= 4 is 11.6 Å². The van der Waals surface area contributed by atoms with E-state index in [9.17, 15) is 4.79 Å². The van der Waals surface area contributed by atoms with E-state index in [1.807, 2.05) is 24.3 Å². The standard InChI is InChI=1S/C26H35N3O2/c1-19-15-25(16-20(2)31-19)28-24-10-5-9-22(17-24)26(30)27-12-6-13-29-14-11-21-7-3-4-8-23(21)18-29/h3-5,7-10,17,19-20,25,28H,6,11-16,18H2,1-2H3,(H,27,30). The number of hydrogen-bond acceptors (Lipinski definition) is 4. The fourth-order valence-corrected chi connectivity index (χ4v) is 4.86. The summed E-state index contributed by atoms with van der Waals surface area (Å²) in [5, 5.41) is 6.68. The van der Waals surface area contributed by atoms with E-state index in [1.54, 1.807) is 0 Å². The highest BCUT2D eigenvalue weighted by atomic mass is 16.5. The van der Waals surface area contributed by atoms with Gasteiger partial charge in [0.05, 0.1) is 12.2 Å². The van der Waals surface area contributed by atoms with Gasteiger partial charge in [0.25, 0.3) is 5.91 Å². The van der Waals surface area contributed by atoms with Crippen molar-refractivity contribution in [3.63, 3.8) is 0 Å². The quantitative estimate of drug-likeness (QED) is 0.657. The van der Waals surface area contributed by atoms with Gasteiger partial charge in [0, 0.05) is 43.5 Å². The molecule has 2 N–H and O–H groups in total. The number of amides is 1. The van der Waals surface area contributed by atoms with Crippen LogP contribution in [0.25, 0.3) is 0 Å². The summed E-state index contributed by atoms with van der Waals surface area (Å²) in [6.45, 7) is 8.07. The SMILES string of the molecule is CC1CC(Nc2cccc(C(=O)NCCCN3CCc4ccccc4C3)c2)CC(C)O1. The second-order valence-corrected chi connectivity index (χ2v) is 9.06. The molecule has 0 spiro atoms. The Morgan fingerprint density at radius 2 is 1.84 bits per heavy atom. The number of carbonyl (C=O) groups is 1. The van der Waals surface area contributed by atoms with Crippen LogP contribution in [0.15, 0.2) is 48.5 Å². The van der Waals surface area contributed by atoms with Crippen molar-refractivity contribution in [2.24, 2.45) is 0 Å². The van der Waals surface area contributed by atoms with Crippen LogP contribution in [-0.2, 0) is 17.7 Å². The molecule has 31 heavy (non-hydrogen) atoms. The van der Waals surface area contributed by atoms with Gasteiger partial charge in [0.2, 0.25) is 0 Å². The van der Waals surface area contributed by atoms with Crippen molar-refractivity contribution < 1.29 is 9.53 Å². The van der Waals surface area contributed by atoms with Crippen molar-refractivity contribution in [1.29, 1.82) is 0 Å². The van der Waals surface area contributed by atoms with Gasteiger partial charge in [0.15, 0.2) is 0 Å². The molecule has 0 saturated carbocycles. The summed E-state index contributed by atoms with van der Waals surface area (Å²) in [4.78, 5) is 15.1. The van der Waals surface area contributed by atoms with Crippen LogP contribution in [0.4, 0.5) is 5.69 Å². The highest BCUT2D eigenvalue weighted by Crippen LogP contribution is 2.23. The summed E-state index contributed by atoms with van der Waals surface area (Å²) in [5.41, 5.74) is 4.64. The van der Waals surface area contributed by atoms with Gasteiger partial charge in [-0.15, -0.1) is 0 Å². The molecule has 2 aromatic carbocycles. The van der Waals surface area contributed by atoms with E-state index >= 15 is 0 Å². The van der Waals surface area contributed by atoms with Crippen molar-refractivity contribution in [1.82, 2.24) is 10.2 Å². The summed E-state index contributed by atoms with van der Waals surface area (Å²) >= 11 is 0. The Labute approximate surface area is 186 Å². The van der Waals surface area contributed by atoms with Crippen LogP contribution in [0, 0.1) is 0 Å². The van der Waals surface area contributed by atoms with Gasteiger partial charge in [-0.3, -0.25) is 9.69 Å². The zero-order valence-electron chi connectivity index (χ0n) is 18.8. The minimum Gasteiger partial charge on any atom is -0.382 e. The van der Waals surface area contributed by atoms with Crippen LogP contribution in [0.3, 0.4) is 0 Å². The molecular weight excluding hydrogens is 386 g/mol. The highest BCUT2D eigenvalue weighted by molar-refractivity contribution is 5.95. The molecule has 0 radical (unpaired) electrons. The molecule has 2 unspecified atom stereocenters. The maximum Gasteiger partial charge on any atom is 0.251 e. The minimum atomic E-state index is 0.00125. The van der Waals surface area contributed by atoms with Crippen LogP contribution >= 0.6 is 0 Å². The van der Waals surface area contributed by atoms with Gasteiger partial charge < -0.3 is 15.4 Å². The lowest BCUT2D eigenvalue weighted by Crippen LogP contribution is -2.37. The average Bonchev–Trinajstić information content (AvgIpc) is 2.76. The van der Waals surface area contributed by atoms with Crippen LogP contribution in [0.2, 0.25) is 0 Å². The van der Waals surface area contributed by atoms with E-state index in [4.69, 9.17) is 4.74 Å². The van der Waals surface area contributed by atoms with Gasteiger partial charge >= 0.3 is 0 Å². The van der Waals surface area contributed by atoms with Crippen molar-refractivity contribution in [2.75, 3.05) is 25.0 Å². The fourth-order valence-electron chi connectivity index (χ4n) is 4.86. The predicted octanol–water partition coefficient (Wildman–Crippen LogP) is 4.23. The Kier molecular flexibility index (Phi) is 7.25. The molecule has 2 aliphatic rings. The number of ether oxygens (including phenoxy) is 1. The molecule has 1 fully saturated rings. The van der Waals surface area contributed by atoms with Crippen molar-refractivity contribution in [3.8, 4) is 0 Å². The highest BCUT2D eigenvalue weighted by Gasteiger charge is 2.24. The first-order valence-corrected chi connectivity index (χ1v) is 11.7. The first-order chi connectivity index (χ1) is 15.1. The van der Waals surface area contributed by atoms with Crippen molar-refractivity contribution in [2.45, 2.75) is 64.3 Å². The Balaban J connectivity index is 1.22. The normalized spacial score (nSPS) is 23.7. The smallest absolute Gasteiger partial charge is 0.251 e. The van der Waals surface area contributed by atoms with Gasteiger partial charge in [-0.2, -0.15) is 0 Å². The lowest BCUT2D eigenvalue weighted by molar-refractivity contribution is -0.0337. The molecular formula is C26H35N3O2. The second-order valence-electron chi connectivity index (χ2n) is 9.06. The molecule has 2 heterocycles. The number of hydrogen-bond donors (Lipinski definition) is 2. The van der Waals surface area contributed by atoms with Gasteiger partial charge in [-0.1, -0.05) is 30.3 Å². The zero-order valence-corrected chi connectivity index (χ0v) is 18.8. The summed E-state index contributed by atoms with van der Waals surface area (Å²) < 4.78 is 5.82. The first kappa shape index (κ1) is 21.8. The third-order valence-electron chi connectivity index (χ3n) is 6.34. The number of fused-ring (bicyclic) bond motifs is 1. The summed E-state index contributed by atoms with van der Waals surface area (Å²) in [6, 6.07) is 16.9. The lowest BCUT2D eigenvalue weighted by atomic mass is 9.99. The fraction of sp³-hybridized carbons (Fsp3) is 0.500. The number of rotatable bonds is 7. The molecule has 1 saturated heterocycles. The Bertz CT molecular complexity index is 874. The average molecular weight is 422 g/mol. The second kappa shape index (κ2) is 10.3. The minimum absolute atomic E-state index is 0.00125. The molecule has 0 aromatic heterocycles. The summed E-state index contributed by atoms with van der Waals surface area (Å²) in [7, 11) is 0. The molecule has 0 bridgehead atoms. The molecule has 5 heteroatoms. The van der Waals surface area contributed by atoms with Crippen LogP contribution in [0.5, 0.6) is 0 Å². The van der Waals surface area contributed by atoms with E-state index < -0.39 is 0 Å². The molecule has 5 nitrogen and oxygen atoms in total. The third kappa shape index (κ3) is 6.08.